The van der Waals surface area contributed by atoms with Gasteiger partial charge in [-0.25, -0.2) is 9.78 Å². The Balaban J connectivity index is 1.22. The van der Waals surface area contributed by atoms with Crippen LogP contribution in [0.2, 0.25) is 0 Å². The van der Waals surface area contributed by atoms with Gasteiger partial charge >= 0.3 is 6.03 Å². The lowest BCUT2D eigenvalue weighted by atomic mass is 9.96. The van der Waals surface area contributed by atoms with Crippen LogP contribution in [0.1, 0.15) is 31.2 Å². The van der Waals surface area contributed by atoms with E-state index in [1.54, 1.807) is 6.20 Å². The molecule has 1 aromatic carbocycles. The van der Waals surface area contributed by atoms with Gasteiger partial charge in [0.25, 0.3) is 5.19 Å². The molecule has 29 heavy (non-hydrogen) atoms. The molecule has 7 nitrogen and oxygen atoms in total. The first-order valence-electron chi connectivity index (χ1n) is 9.94. The summed E-state index contributed by atoms with van der Waals surface area (Å²) in [7, 11) is 0. The molecule has 2 saturated heterocycles. The molecule has 2 bridgehead atoms. The lowest BCUT2D eigenvalue weighted by Gasteiger charge is -2.39. The number of urea groups is 1. The molecule has 2 amide bonds. The van der Waals surface area contributed by atoms with E-state index in [0.29, 0.717) is 22.9 Å². The fraction of sp³-hybridized carbons (Fsp3) is 0.381. The number of ether oxygens (including phenoxy) is 1. The molecule has 2 aliphatic heterocycles. The van der Waals surface area contributed by atoms with Crippen molar-refractivity contribution in [3.05, 3.63) is 48.2 Å². The Bertz CT molecular complexity index is 974. The molecular formula is C21H23N5O2S. The first-order valence-corrected chi connectivity index (χ1v) is 10.8. The summed E-state index contributed by atoms with van der Waals surface area (Å²) in [5, 5.41) is 3.50. The van der Waals surface area contributed by atoms with Crippen molar-refractivity contribution in [2.75, 3.05) is 0 Å². The van der Waals surface area contributed by atoms with Gasteiger partial charge in [0.1, 0.15) is 5.75 Å². The summed E-state index contributed by atoms with van der Waals surface area (Å²) in [4.78, 5) is 22.4. The van der Waals surface area contributed by atoms with E-state index in [0.717, 1.165) is 29.8 Å². The number of piperidine rings is 1. The smallest absolute Gasteiger partial charge is 0.312 e. The molecule has 0 saturated carbocycles. The normalized spacial score (nSPS) is 23.9. The molecule has 0 aliphatic carbocycles. The summed E-state index contributed by atoms with van der Waals surface area (Å²) in [6, 6.07) is 12.9. The number of pyridine rings is 1. The molecule has 3 N–H and O–H groups in total. The number of rotatable bonds is 5. The minimum atomic E-state index is -0.414. The average Bonchev–Trinajstić information content (AvgIpc) is 3.20. The van der Waals surface area contributed by atoms with Crippen LogP contribution in [0, 0.1) is 0 Å². The van der Waals surface area contributed by atoms with Gasteiger partial charge < -0.3 is 15.8 Å². The number of carbonyl (C=O) groups excluding carboxylic acids is 1. The van der Waals surface area contributed by atoms with Gasteiger partial charge in [-0.15, -0.1) is 0 Å². The number of aromatic nitrogens is 2. The Labute approximate surface area is 172 Å². The van der Waals surface area contributed by atoms with Gasteiger partial charge in [-0.05, 0) is 55.5 Å². The van der Waals surface area contributed by atoms with E-state index in [-0.39, 0.29) is 6.04 Å². The van der Waals surface area contributed by atoms with Crippen molar-refractivity contribution >= 4 is 27.7 Å². The third-order valence-electron chi connectivity index (χ3n) is 5.87. The maximum atomic E-state index is 11.2. The largest absolute Gasteiger partial charge is 0.431 e. The van der Waals surface area contributed by atoms with Crippen LogP contribution in [0.25, 0.3) is 10.3 Å². The van der Waals surface area contributed by atoms with Crippen molar-refractivity contribution in [3.8, 4) is 10.9 Å². The van der Waals surface area contributed by atoms with E-state index >= 15 is 0 Å². The number of primary amides is 1. The van der Waals surface area contributed by atoms with Crippen LogP contribution in [0.3, 0.4) is 0 Å². The van der Waals surface area contributed by atoms with Crippen molar-refractivity contribution in [2.45, 2.75) is 50.4 Å². The third-order valence-corrected chi connectivity index (χ3v) is 6.76. The molecule has 8 heteroatoms. The van der Waals surface area contributed by atoms with E-state index in [2.05, 4.69) is 32.3 Å². The molecule has 2 unspecified atom stereocenters. The van der Waals surface area contributed by atoms with Gasteiger partial charge in [0.2, 0.25) is 0 Å². The third kappa shape index (κ3) is 3.90. The van der Waals surface area contributed by atoms with Crippen LogP contribution in [-0.4, -0.2) is 39.0 Å². The van der Waals surface area contributed by atoms with E-state index in [4.69, 9.17) is 10.5 Å². The molecule has 5 rings (SSSR count). The van der Waals surface area contributed by atoms with Crippen LogP contribution >= 0.6 is 11.3 Å². The maximum Gasteiger partial charge on any atom is 0.312 e. The fourth-order valence-corrected chi connectivity index (χ4v) is 5.41. The van der Waals surface area contributed by atoms with Crippen LogP contribution in [0.5, 0.6) is 10.9 Å². The summed E-state index contributed by atoms with van der Waals surface area (Å²) in [5.41, 5.74) is 7.28. The van der Waals surface area contributed by atoms with Gasteiger partial charge in [0, 0.05) is 30.9 Å². The topological polar surface area (TPSA) is 93.4 Å². The van der Waals surface area contributed by atoms with Crippen molar-refractivity contribution in [1.82, 2.24) is 20.2 Å². The molecule has 2 aliphatic rings. The molecule has 3 atom stereocenters. The van der Waals surface area contributed by atoms with Gasteiger partial charge in [-0.1, -0.05) is 23.5 Å². The number of thiazole rings is 1. The van der Waals surface area contributed by atoms with Crippen molar-refractivity contribution < 1.29 is 9.53 Å². The highest BCUT2D eigenvalue weighted by molar-refractivity contribution is 7.20. The summed E-state index contributed by atoms with van der Waals surface area (Å²) in [5.74, 6) is 0.778. The molecule has 0 spiro atoms. The van der Waals surface area contributed by atoms with Gasteiger partial charge in [0.05, 0.1) is 4.70 Å². The second-order valence-corrected chi connectivity index (χ2v) is 8.78. The molecule has 0 radical (unpaired) electrons. The number of carbonyl (C=O) groups is 1. The molecule has 150 valence electrons. The highest BCUT2D eigenvalue weighted by Gasteiger charge is 2.40. The second-order valence-electron chi connectivity index (χ2n) is 7.79. The highest BCUT2D eigenvalue weighted by Crippen LogP contribution is 2.37. The molecule has 2 aromatic heterocycles. The first kappa shape index (κ1) is 18.3. The van der Waals surface area contributed by atoms with E-state index in [9.17, 15) is 4.79 Å². The molecule has 4 heterocycles. The highest BCUT2D eigenvalue weighted by atomic mass is 32.1. The van der Waals surface area contributed by atoms with Crippen molar-refractivity contribution in [2.24, 2.45) is 5.73 Å². The van der Waals surface area contributed by atoms with E-state index in [1.807, 2.05) is 24.3 Å². The van der Waals surface area contributed by atoms with Gasteiger partial charge in [0.15, 0.2) is 5.65 Å². The van der Waals surface area contributed by atoms with Crippen LogP contribution in [0.4, 0.5) is 4.79 Å². The predicted molar refractivity (Wildman–Crippen MR) is 112 cm³/mol. The average molecular weight is 410 g/mol. The Morgan fingerprint density at radius 1 is 1.21 bits per heavy atom. The van der Waals surface area contributed by atoms with Crippen LogP contribution in [0.15, 0.2) is 42.6 Å². The summed E-state index contributed by atoms with van der Waals surface area (Å²) < 4.78 is 6.93. The fourth-order valence-electron chi connectivity index (χ4n) is 4.62. The zero-order valence-corrected chi connectivity index (χ0v) is 16.8. The number of amides is 2. The Morgan fingerprint density at radius 3 is 2.66 bits per heavy atom. The first-order chi connectivity index (χ1) is 14.1. The molecular weight excluding hydrogens is 386 g/mol. The zero-order chi connectivity index (χ0) is 19.8. The van der Waals surface area contributed by atoms with Gasteiger partial charge in [-0.3, -0.25) is 4.90 Å². The second kappa shape index (κ2) is 7.61. The zero-order valence-electron chi connectivity index (χ0n) is 16.0. The number of hydrogen-bond acceptors (Lipinski definition) is 6. The van der Waals surface area contributed by atoms with Crippen molar-refractivity contribution in [1.29, 1.82) is 0 Å². The molecule has 3 aromatic rings. The predicted octanol–water partition coefficient (Wildman–Crippen LogP) is 3.65. The summed E-state index contributed by atoms with van der Waals surface area (Å²) >= 11 is 1.50. The standard InChI is InChI=1S/C21H23N5O2S/c22-20(27)24-14-10-15-5-6-16(11-14)26(15)12-13-3-7-17(8-4-13)28-21-25-19-18(29-21)2-1-9-23-19/h1-4,7-9,14-16H,5-6,10-12H2,(H3,22,24,27)/t14?,15-,16?/m1/s1. The lowest BCUT2D eigenvalue weighted by Crippen LogP contribution is -2.51. The summed E-state index contributed by atoms with van der Waals surface area (Å²) in [6.07, 6.45) is 6.07. The Hall–Kier alpha value is -2.71. The quantitative estimate of drug-likeness (QED) is 0.671. The van der Waals surface area contributed by atoms with Gasteiger partial charge in [-0.2, -0.15) is 4.98 Å². The minimum absolute atomic E-state index is 0.209. The van der Waals surface area contributed by atoms with E-state index < -0.39 is 6.03 Å². The van der Waals surface area contributed by atoms with Crippen LogP contribution in [-0.2, 0) is 6.54 Å². The number of fused-ring (bicyclic) bond motifs is 3. The monoisotopic (exact) mass is 409 g/mol. The Kier molecular flexibility index (Phi) is 4.81. The molecule has 2 fully saturated rings. The number of nitrogens with one attached hydrogen (secondary N) is 1. The number of nitrogens with zero attached hydrogens (tertiary/aromatic N) is 3. The SMILES string of the molecule is NC(=O)NC1CC2CC[C@H](C1)N2Cc1ccc(Oc2nc3ncccc3s2)cc1. The maximum absolute atomic E-state index is 11.2. The lowest BCUT2D eigenvalue weighted by molar-refractivity contribution is 0.112. The number of nitrogens with two attached hydrogens (primary N) is 1. The number of benzene rings is 1. The minimum Gasteiger partial charge on any atom is -0.431 e. The number of hydrogen-bond donors (Lipinski definition) is 2. The van der Waals surface area contributed by atoms with E-state index in [1.165, 1.54) is 29.7 Å². The summed E-state index contributed by atoms with van der Waals surface area (Å²) in [6.45, 7) is 0.921. The Morgan fingerprint density at radius 2 is 1.97 bits per heavy atom. The van der Waals surface area contributed by atoms with Crippen molar-refractivity contribution in [3.63, 3.8) is 0 Å². The van der Waals surface area contributed by atoms with Crippen LogP contribution < -0.4 is 15.8 Å².